The monoisotopic (exact) mass is 599 g/mol. The molecule has 0 saturated carbocycles. The molecule has 5 nitrogen and oxygen atoms in total. The summed E-state index contributed by atoms with van der Waals surface area (Å²) in [5.74, 6) is 1.90. The van der Waals surface area contributed by atoms with E-state index < -0.39 is 0 Å². The molecule has 47 heavy (non-hydrogen) atoms. The molecule has 10 rings (SSSR count). The first-order chi connectivity index (χ1) is 23.3. The molecule has 0 atom stereocenters. The van der Waals surface area contributed by atoms with E-state index in [1.807, 2.05) is 6.07 Å². The molecule has 218 valence electrons. The van der Waals surface area contributed by atoms with Gasteiger partial charge in [0.15, 0.2) is 17.5 Å². The Kier molecular flexibility index (Phi) is 5.51. The van der Waals surface area contributed by atoms with E-state index in [1.165, 1.54) is 16.2 Å². The van der Waals surface area contributed by atoms with Crippen LogP contribution in [0.2, 0.25) is 0 Å². The fourth-order valence-electron chi connectivity index (χ4n) is 6.87. The summed E-state index contributed by atoms with van der Waals surface area (Å²) in [6.45, 7) is 0. The van der Waals surface area contributed by atoms with E-state index in [4.69, 9.17) is 19.9 Å². The quantitative estimate of drug-likeness (QED) is 0.190. The van der Waals surface area contributed by atoms with Crippen LogP contribution in [0.15, 0.2) is 152 Å². The Morgan fingerprint density at radius 2 is 0.851 bits per heavy atom. The van der Waals surface area contributed by atoms with E-state index in [1.54, 1.807) is 0 Å². The van der Waals surface area contributed by atoms with E-state index in [0.717, 1.165) is 60.4 Å². The van der Waals surface area contributed by atoms with Crippen molar-refractivity contribution in [3.05, 3.63) is 152 Å². The van der Waals surface area contributed by atoms with Crippen molar-refractivity contribution in [2.24, 2.45) is 0 Å². The van der Waals surface area contributed by atoms with Gasteiger partial charge in [-0.15, -0.1) is 0 Å². The first-order valence-electron chi connectivity index (χ1n) is 15.7. The molecule has 0 aliphatic heterocycles. The van der Waals surface area contributed by atoms with Crippen molar-refractivity contribution in [2.45, 2.75) is 0 Å². The van der Waals surface area contributed by atoms with Crippen LogP contribution >= 0.6 is 0 Å². The summed E-state index contributed by atoms with van der Waals surface area (Å²) in [7, 11) is 0. The second kappa shape index (κ2) is 10.0. The smallest absolute Gasteiger partial charge is 0.164 e. The average Bonchev–Trinajstić information content (AvgIpc) is 3.54. The van der Waals surface area contributed by atoms with Gasteiger partial charge in [-0.25, -0.2) is 19.9 Å². The third kappa shape index (κ3) is 4.10. The van der Waals surface area contributed by atoms with Crippen LogP contribution in [0.1, 0.15) is 0 Å². The van der Waals surface area contributed by atoms with Gasteiger partial charge in [-0.3, -0.25) is 4.40 Å². The van der Waals surface area contributed by atoms with Crippen LogP contribution in [-0.2, 0) is 0 Å². The van der Waals surface area contributed by atoms with Gasteiger partial charge in [0.1, 0.15) is 5.65 Å². The molecule has 3 heterocycles. The number of aromatic nitrogens is 5. The third-order valence-corrected chi connectivity index (χ3v) is 9.17. The van der Waals surface area contributed by atoms with Crippen molar-refractivity contribution in [3.8, 4) is 34.2 Å². The Labute approximate surface area is 269 Å². The van der Waals surface area contributed by atoms with E-state index in [2.05, 4.69) is 150 Å². The van der Waals surface area contributed by atoms with Gasteiger partial charge in [0.2, 0.25) is 0 Å². The van der Waals surface area contributed by atoms with Gasteiger partial charge in [-0.1, -0.05) is 121 Å². The number of imidazole rings is 1. The summed E-state index contributed by atoms with van der Waals surface area (Å²) in [5.41, 5.74) is 6.85. The molecule has 0 saturated heterocycles. The van der Waals surface area contributed by atoms with Gasteiger partial charge in [0, 0.05) is 27.5 Å². The molecule has 0 spiro atoms. The predicted molar refractivity (Wildman–Crippen MR) is 192 cm³/mol. The van der Waals surface area contributed by atoms with Gasteiger partial charge in [-0.05, 0) is 57.3 Å². The molecule has 0 unspecified atom stereocenters. The number of hydrogen-bond acceptors (Lipinski definition) is 4. The van der Waals surface area contributed by atoms with Crippen molar-refractivity contribution in [1.29, 1.82) is 0 Å². The summed E-state index contributed by atoms with van der Waals surface area (Å²) >= 11 is 0. The zero-order valence-electron chi connectivity index (χ0n) is 25.2. The van der Waals surface area contributed by atoms with Crippen LogP contribution in [0.3, 0.4) is 0 Å². The molecule has 0 radical (unpaired) electrons. The number of pyridine rings is 1. The Hall–Kier alpha value is -6.46. The van der Waals surface area contributed by atoms with Crippen LogP contribution in [0.5, 0.6) is 0 Å². The Morgan fingerprint density at radius 1 is 0.340 bits per heavy atom. The summed E-state index contributed by atoms with van der Waals surface area (Å²) in [5, 5.41) is 8.09. The van der Waals surface area contributed by atoms with Crippen LogP contribution < -0.4 is 0 Å². The molecule has 3 aromatic heterocycles. The molecule has 7 aromatic carbocycles. The maximum atomic E-state index is 5.12. The highest BCUT2D eigenvalue weighted by Gasteiger charge is 2.17. The highest BCUT2D eigenvalue weighted by atomic mass is 15.0. The van der Waals surface area contributed by atoms with E-state index in [9.17, 15) is 0 Å². The molecule has 10 aromatic rings. The van der Waals surface area contributed by atoms with Crippen molar-refractivity contribution >= 4 is 59.9 Å². The van der Waals surface area contributed by atoms with Crippen molar-refractivity contribution < 1.29 is 0 Å². The topological polar surface area (TPSA) is 56.0 Å². The van der Waals surface area contributed by atoms with Crippen LogP contribution in [-0.4, -0.2) is 24.3 Å². The van der Waals surface area contributed by atoms with Crippen molar-refractivity contribution in [1.82, 2.24) is 24.3 Å². The number of benzene rings is 7. The lowest BCUT2D eigenvalue weighted by atomic mass is 10.0. The maximum absolute atomic E-state index is 5.12. The van der Waals surface area contributed by atoms with E-state index in [-0.39, 0.29) is 0 Å². The molecule has 0 N–H and O–H groups in total. The maximum Gasteiger partial charge on any atom is 0.164 e. The van der Waals surface area contributed by atoms with Crippen LogP contribution in [0.25, 0.3) is 94.1 Å². The summed E-state index contributed by atoms with van der Waals surface area (Å²) < 4.78 is 2.27. The highest BCUT2D eigenvalue weighted by molar-refractivity contribution is 6.14. The zero-order chi connectivity index (χ0) is 30.9. The second-order valence-electron chi connectivity index (χ2n) is 12.0. The fraction of sp³-hybridized carbons (Fsp3) is 0. The Balaban J connectivity index is 1.25. The number of nitrogens with zero attached hydrogens (tertiary/aromatic N) is 5. The standard InChI is InChI=1S/C42H25N5/c1-3-11-28-23-30(19-17-26(28)9-1)39-44-40(31-20-18-27-10-2-4-12-29(27)24-31)46-41(45-39)32-21-22-34-33-13-5-6-14-35(33)42-43-36-15-7-8-16-37(36)47(42)38(34)25-32/h1-25H. The minimum absolute atomic E-state index is 0.624. The Bertz CT molecular complexity index is 2770. The second-order valence-corrected chi connectivity index (χ2v) is 12.0. The van der Waals surface area contributed by atoms with Crippen LogP contribution in [0, 0.1) is 0 Å². The third-order valence-electron chi connectivity index (χ3n) is 9.17. The largest absolute Gasteiger partial charge is 0.292 e. The van der Waals surface area contributed by atoms with Crippen LogP contribution in [0.4, 0.5) is 0 Å². The first-order valence-corrected chi connectivity index (χ1v) is 15.7. The number of fused-ring (bicyclic) bond motifs is 10. The molecule has 0 aliphatic carbocycles. The van der Waals surface area contributed by atoms with Crippen molar-refractivity contribution in [3.63, 3.8) is 0 Å². The lowest BCUT2D eigenvalue weighted by Gasteiger charge is -2.12. The predicted octanol–water partition coefficient (Wildman–Crippen LogP) is 10.3. The number of rotatable bonds is 3. The molecule has 0 aliphatic rings. The molecule has 0 amide bonds. The summed E-state index contributed by atoms with van der Waals surface area (Å²) in [4.78, 5) is 20.4. The zero-order valence-corrected chi connectivity index (χ0v) is 25.2. The Morgan fingerprint density at radius 3 is 1.51 bits per heavy atom. The van der Waals surface area contributed by atoms with Gasteiger partial charge >= 0.3 is 0 Å². The molecule has 5 heteroatoms. The minimum Gasteiger partial charge on any atom is -0.292 e. The lowest BCUT2D eigenvalue weighted by Crippen LogP contribution is -2.01. The normalized spacial score (nSPS) is 11.8. The SMILES string of the molecule is c1ccc2cc(-c3nc(-c4ccc5ccccc5c4)nc(-c4ccc5c6ccccc6c6nc7ccccc7n6c5c4)n3)ccc2c1. The van der Waals surface area contributed by atoms with Crippen molar-refractivity contribution in [2.75, 3.05) is 0 Å². The number of para-hydroxylation sites is 2. The fourth-order valence-corrected chi connectivity index (χ4v) is 6.87. The first kappa shape index (κ1) is 25.8. The lowest BCUT2D eigenvalue weighted by molar-refractivity contribution is 1.08. The minimum atomic E-state index is 0.624. The van der Waals surface area contributed by atoms with E-state index in [0.29, 0.717) is 17.5 Å². The van der Waals surface area contributed by atoms with Gasteiger partial charge < -0.3 is 0 Å². The molecular formula is C42H25N5. The van der Waals surface area contributed by atoms with E-state index >= 15 is 0 Å². The molecule has 0 bridgehead atoms. The number of hydrogen-bond donors (Lipinski definition) is 0. The van der Waals surface area contributed by atoms with Gasteiger partial charge in [0.25, 0.3) is 0 Å². The van der Waals surface area contributed by atoms with Gasteiger partial charge in [0.05, 0.1) is 16.6 Å². The highest BCUT2D eigenvalue weighted by Crippen LogP contribution is 2.35. The summed E-state index contributed by atoms with van der Waals surface area (Å²) in [6.07, 6.45) is 0. The molecule has 0 fully saturated rings. The summed E-state index contributed by atoms with van der Waals surface area (Å²) in [6, 6.07) is 52.8. The van der Waals surface area contributed by atoms with Gasteiger partial charge in [-0.2, -0.15) is 0 Å². The average molecular weight is 600 g/mol. The molecular weight excluding hydrogens is 574 g/mol.